The maximum atomic E-state index is 5.07. The summed E-state index contributed by atoms with van der Waals surface area (Å²) in [6, 6.07) is 0.206. The minimum Gasteiger partial charge on any atom is -0.293 e. The highest BCUT2D eigenvalue weighted by molar-refractivity contribution is 5.69. The molecular weight excluding hydrogens is 148 g/mol. The zero-order valence-electron chi connectivity index (χ0n) is 7.57. The molecule has 0 amide bonds. The first-order valence-corrected chi connectivity index (χ1v) is 3.73. The van der Waals surface area contributed by atoms with Gasteiger partial charge in [0.2, 0.25) is 0 Å². The van der Waals surface area contributed by atoms with Gasteiger partial charge in [0.15, 0.2) is 0 Å². The van der Waals surface area contributed by atoms with Crippen LogP contribution in [0.1, 0.15) is 6.92 Å². The summed E-state index contributed by atoms with van der Waals surface area (Å²) in [6.45, 7) is 5.54. The van der Waals surface area contributed by atoms with Crippen LogP contribution in [0.5, 0.6) is 0 Å². The van der Waals surface area contributed by atoms with Crippen molar-refractivity contribution in [3.63, 3.8) is 0 Å². The molecule has 0 spiro atoms. The quantitative estimate of drug-likeness (QED) is 0.349. The zero-order valence-corrected chi connectivity index (χ0v) is 7.57. The molecular formula is C10H14N2. The van der Waals surface area contributed by atoms with Crippen LogP contribution in [0.15, 0.2) is 29.9 Å². The van der Waals surface area contributed by atoms with E-state index in [-0.39, 0.29) is 6.04 Å². The van der Waals surface area contributed by atoms with E-state index in [9.17, 15) is 0 Å². The van der Waals surface area contributed by atoms with E-state index in [4.69, 9.17) is 6.42 Å². The normalized spacial score (nSPS) is 13.1. The summed E-state index contributed by atoms with van der Waals surface area (Å²) < 4.78 is 0. The molecule has 64 valence electrons. The lowest BCUT2D eigenvalue weighted by atomic mass is 10.3. The highest BCUT2D eigenvalue weighted by Crippen LogP contribution is 1.96. The van der Waals surface area contributed by atoms with E-state index in [2.05, 4.69) is 17.6 Å². The summed E-state index contributed by atoms with van der Waals surface area (Å²) in [5.74, 6) is 2.43. The molecule has 0 heterocycles. The molecule has 0 bridgehead atoms. The van der Waals surface area contributed by atoms with Crippen molar-refractivity contribution in [3.05, 3.63) is 24.8 Å². The summed E-state index contributed by atoms with van der Waals surface area (Å²) in [5.41, 5.74) is 0. The van der Waals surface area contributed by atoms with E-state index in [1.165, 1.54) is 0 Å². The van der Waals surface area contributed by atoms with E-state index in [1.807, 2.05) is 20.0 Å². The molecule has 2 heteroatoms. The summed E-state index contributed by atoms with van der Waals surface area (Å²) in [6.07, 6.45) is 11.9. The smallest absolute Gasteiger partial charge is 0.0628 e. The van der Waals surface area contributed by atoms with E-state index < -0.39 is 0 Å². The first kappa shape index (κ1) is 10.5. The highest BCUT2D eigenvalue weighted by Gasteiger charge is 1.98. The van der Waals surface area contributed by atoms with E-state index >= 15 is 0 Å². The Morgan fingerprint density at radius 2 is 2.33 bits per heavy atom. The second-order valence-corrected chi connectivity index (χ2v) is 2.34. The first-order chi connectivity index (χ1) is 5.72. The van der Waals surface area contributed by atoms with Crippen LogP contribution in [0.4, 0.5) is 0 Å². The van der Waals surface area contributed by atoms with Gasteiger partial charge >= 0.3 is 0 Å². The van der Waals surface area contributed by atoms with E-state index in [0.29, 0.717) is 0 Å². The molecule has 0 radical (unpaired) electrons. The van der Waals surface area contributed by atoms with Crippen molar-refractivity contribution in [2.45, 2.75) is 13.0 Å². The molecule has 0 aromatic carbocycles. The molecule has 0 aromatic heterocycles. The molecule has 12 heavy (non-hydrogen) atoms. The van der Waals surface area contributed by atoms with Gasteiger partial charge in [-0.15, -0.1) is 6.42 Å². The van der Waals surface area contributed by atoms with Crippen molar-refractivity contribution in [3.8, 4) is 12.3 Å². The molecule has 0 saturated carbocycles. The second kappa shape index (κ2) is 6.23. The Morgan fingerprint density at radius 1 is 1.67 bits per heavy atom. The minimum absolute atomic E-state index is 0.206. The lowest BCUT2D eigenvalue weighted by Crippen LogP contribution is -2.21. The maximum absolute atomic E-state index is 5.07. The van der Waals surface area contributed by atoms with Gasteiger partial charge in [-0.25, -0.2) is 0 Å². The summed E-state index contributed by atoms with van der Waals surface area (Å²) in [7, 11) is 1.88. The molecule has 0 aliphatic rings. The molecule has 0 N–H and O–H groups in total. The first-order valence-electron chi connectivity index (χ1n) is 3.73. The Balaban J connectivity index is 4.02. The molecule has 0 aliphatic carbocycles. The number of likely N-dealkylation sites (N-methyl/N-ethyl adjacent to an activating group) is 1. The van der Waals surface area contributed by atoms with Crippen molar-refractivity contribution in [2.24, 2.45) is 5.10 Å². The van der Waals surface area contributed by atoms with Crippen molar-refractivity contribution in [1.82, 2.24) is 5.01 Å². The van der Waals surface area contributed by atoms with Gasteiger partial charge in [-0.1, -0.05) is 18.6 Å². The molecule has 1 atom stereocenters. The van der Waals surface area contributed by atoms with Crippen molar-refractivity contribution >= 4 is 6.21 Å². The predicted molar refractivity (Wildman–Crippen MR) is 53.9 cm³/mol. The molecule has 2 nitrogen and oxygen atoms in total. The van der Waals surface area contributed by atoms with Crippen molar-refractivity contribution in [2.75, 3.05) is 7.05 Å². The van der Waals surface area contributed by atoms with Crippen LogP contribution < -0.4 is 0 Å². The fourth-order valence-electron chi connectivity index (χ4n) is 0.577. The molecule has 0 rings (SSSR count). The lowest BCUT2D eigenvalue weighted by molar-refractivity contribution is 0.316. The van der Waals surface area contributed by atoms with Crippen molar-refractivity contribution < 1.29 is 0 Å². The van der Waals surface area contributed by atoms with Crippen LogP contribution in [-0.2, 0) is 0 Å². The second-order valence-electron chi connectivity index (χ2n) is 2.34. The molecule has 0 fully saturated rings. The van der Waals surface area contributed by atoms with Crippen LogP contribution in [0, 0.1) is 12.3 Å². The molecule has 0 aliphatic heterocycles. The predicted octanol–water partition coefficient (Wildman–Crippen LogP) is 1.67. The fraction of sp³-hybridized carbons (Fsp3) is 0.300. The van der Waals surface area contributed by atoms with Gasteiger partial charge in [0, 0.05) is 13.3 Å². The van der Waals surface area contributed by atoms with Crippen molar-refractivity contribution in [1.29, 1.82) is 0 Å². The Hall–Kier alpha value is -1.49. The Labute approximate surface area is 74.3 Å². The number of hydrogen-bond donors (Lipinski definition) is 0. The van der Waals surface area contributed by atoms with Crippen LogP contribution in [0.3, 0.4) is 0 Å². The third-order valence-corrected chi connectivity index (χ3v) is 1.41. The maximum Gasteiger partial charge on any atom is 0.0628 e. The monoisotopic (exact) mass is 162 g/mol. The standard InChI is InChI=1S/C10H14N2/c1-5-7-8-10(3)12(4)11-9-6-2/h1,6-10H,2H2,3-4H3/b8-7-,11-9-. The molecule has 0 aromatic rings. The average Bonchev–Trinajstić information content (AvgIpc) is 2.10. The number of hydrogen-bond acceptors (Lipinski definition) is 2. The third-order valence-electron chi connectivity index (χ3n) is 1.41. The van der Waals surface area contributed by atoms with Gasteiger partial charge in [0.05, 0.1) is 6.04 Å². The lowest BCUT2D eigenvalue weighted by Gasteiger charge is -2.17. The molecule has 0 saturated heterocycles. The van der Waals surface area contributed by atoms with Gasteiger partial charge in [-0.05, 0) is 19.1 Å². The largest absolute Gasteiger partial charge is 0.293 e. The van der Waals surface area contributed by atoms with Gasteiger partial charge in [-0.3, -0.25) is 5.01 Å². The Bertz CT molecular complexity index is 220. The highest BCUT2D eigenvalue weighted by atomic mass is 15.4. The van der Waals surface area contributed by atoms with Gasteiger partial charge < -0.3 is 0 Å². The third kappa shape index (κ3) is 4.35. The number of nitrogens with zero attached hydrogens (tertiary/aromatic N) is 2. The van der Waals surface area contributed by atoms with E-state index in [0.717, 1.165) is 0 Å². The zero-order chi connectivity index (χ0) is 9.40. The summed E-state index contributed by atoms with van der Waals surface area (Å²) in [5, 5.41) is 5.87. The topological polar surface area (TPSA) is 15.6 Å². The molecule has 1 unspecified atom stereocenters. The summed E-state index contributed by atoms with van der Waals surface area (Å²) >= 11 is 0. The Morgan fingerprint density at radius 3 is 2.83 bits per heavy atom. The SMILES string of the molecule is C#C/C=C\C(C)N(C)/N=C\C=C. The number of terminal acetylenes is 1. The number of rotatable bonds is 4. The van der Waals surface area contributed by atoms with Crippen LogP contribution in [-0.4, -0.2) is 24.3 Å². The fourth-order valence-corrected chi connectivity index (χ4v) is 0.577. The van der Waals surface area contributed by atoms with Crippen LogP contribution in [0.25, 0.3) is 0 Å². The summed E-state index contributed by atoms with van der Waals surface area (Å²) in [4.78, 5) is 0. The number of hydrazone groups is 1. The van der Waals surface area contributed by atoms with Crippen LogP contribution in [0.2, 0.25) is 0 Å². The van der Waals surface area contributed by atoms with Gasteiger partial charge in [-0.2, -0.15) is 5.10 Å². The van der Waals surface area contributed by atoms with Crippen LogP contribution >= 0.6 is 0 Å². The van der Waals surface area contributed by atoms with Gasteiger partial charge in [0.1, 0.15) is 0 Å². The van der Waals surface area contributed by atoms with E-state index in [1.54, 1.807) is 23.4 Å². The number of allylic oxidation sites excluding steroid dienone is 2. The minimum atomic E-state index is 0.206. The average molecular weight is 162 g/mol. The van der Waals surface area contributed by atoms with Gasteiger partial charge in [0.25, 0.3) is 0 Å². The Kier molecular flexibility index (Phi) is 5.46.